The molecule has 13 heavy (non-hydrogen) atoms. The summed E-state index contributed by atoms with van der Waals surface area (Å²) >= 11 is 0. The van der Waals surface area contributed by atoms with Gasteiger partial charge in [0.25, 0.3) is 0 Å². The van der Waals surface area contributed by atoms with E-state index in [1.165, 1.54) is 0 Å². The molecule has 2 N–H and O–H groups in total. The zero-order valence-corrected chi connectivity index (χ0v) is 8.45. The summed E-state index contributed by atoms with van der Waals surface area (Å²) in [6, 6.07) is 0. The number of fused-ring (bicyclic) bond motifs is 2. The van der Waals surface area contributed by atoms with E-state index in [0.717, 1.165) is 12.8 Å². The van der Waals surface area contributed by atoms with Gasteiger partial charge in [-0.3, -0.25) is 0 Å². The Morgan fingerprint density at radius 3 is 2.15 bits per heavy atom. The van der Waals surface area contributed by atoms with Crippen molar-refractivity contribution in [2.24, 2.45) is 5.92 Å². The number of hydrogen-bond acceptors (Lipinski definition) is 3. The first-order valence-corrected chi connectivity index (χ1v) is 4.99. The van der Waals surface area contributed by atoms with Crippen molar-refractivity contribution in [3.05, 3.63) is 0 Å². The van der Waals surface area contributed by atoms with Gasteiger partial charge in [0, 0.05) is 0 Å². The van der Waals surface area contributed by atoms with E-state index < -0.39 is 23.4 Å². The summed E-state index contributed by atoms with van der Waals surface area (Å²) in [5.41, 5.74) is -1.00. The van der Waals surface area contributed by atoms with E-state index in [9.17, 15) is 10.2 Å². The molecule has 0 aromatic rings. The molecule has 2 saturated heterocycles. The maximum atomic E-state index is 9.90. The van der Waals surface area contributed by atoms with Crippen LogP contribution in [0.25, 0.3) is 0 Å². The molecule has 0 aromatic carbocycles. The van der Waals surface area contributed by atoms with Crippen LogP contribution in [0.15, 0.2) is 0 Å². The summed E-state index contributed by atoms with van der Waals surface area (Å²) in [6.07, 6.45) is 0.276. The standard InChI is InChI=1S/C10H18O3/c1-6(2)10-5-4-9(3,13-10)7(11)8(10)12/h6-8,11-12H,4-5H2,1-3H3/t7-,8+,9-,10-/m1/s1. The molecule has 0 aliphatic carbocycles. The molecule has 0 spiro atoms. The van der Waals surface area contributed by atoms with E-state index in [4.69, 9.17) is 4.74 Å². The Labute approximate surface area is 78.7 Å². The van der Waals surface area contributed by atoms with E-state index in [2.05, 4.69) is 0 Å². The highest BCUT2D eigenvalue weighted by atomic mass is 16.6. The van der Waals surface area contributed by atoms with Gasteiger partial charge in [-0.2, -0.15) is 0 Å². The maximum absolute atomic E-state index is 9.90. The van der Waals surface area contributed by atoms with Crippen LogP contribution in [0.3, 0.4) is 0 Å². The first-order valence-electron chi connectivity index (χ1n) is 4.99. The second-order valence-electron chi connectivity index (χ2n) is 4.91. The third kappa shape index (κ3) is 0.953. The van der Waals surface area contributed by atoms with E-state index in [1.54, 1.807) is 0 Å². The van der Waals surface area contributed by atoms with Gasteiger partial charge < -0.3 is 14.9 Å². The molecular weight excluding hydrogens is 168 g/mol. The van der Waals surface area contributed by atoms with E-state index >= 15 is 0 Å². The van der Waals surface area contributed by atoms with Crippen molar-refractivity contribution in [3.8, 4) is 0 Å². The number of aliphatic hydroxyl groups excluding tert-OH is 2. The average molecular weight is 186 g/mol. The molecule has 2 bridgehead atoms. The fourth-order valence-electron chi connectivity index (χ4n) is 2.75. The monoisotopic (exact) mass is 186 g/mol. The Balaban J connectivity index is 2.34. The average Bonchev–Trinajstić information content (AvgIpc) is 2.50. The predicted octanol–water partition coefficient (Wildman–Crippen LogP) is 0.686. The zero-order valence-electron chi connectivity index (χ0n) is 8.45. The number of hydrogen-bond donors (Lipinski definition) is 2. The Hall–Kier alpha value is -0.120. The summed E-state index contributed by atoms with van der Waals surface area (Å²) in [5.74, 6) is 0.251. The van der Waals surface area contributed by atoms with Gasteiger partial charge in [0.15, 0.2) is 0 Å². The SMILES string of the molecule is CC(C)[C@@]12CC[C@@](C)(O1)[C@H](O)[C@@H]2O. The van der Waals surface area contributed by atoms with Crippen LogP contribution in [-0.4, -0.2) is 33.6 Å². The van der Waals surface area contributed by atoms with Gasteiger partial charge in [0.1, 0.15) is 12.2 Å². The predicted molar refractivity (Wildman–Crippen MR) is 48.3 cm³/mol. The molecule has 3 nitrogen and oxygen atoms in total. The molecule has 0 unspecified atom stereocenters. The second kappa shape index (κ2) is 2.47. The molecule has 0 radical (unpaired) electrons. The van der Waals surface area contributed by atoms with E-state index in [1.807, 2.05) is 20.8 Å². The fraction of sp³-hybridized carbons (Fsp3) is 1.00. The number of rotatable bonds is 1. The van der Waals surface area contributed by atoms with Gasteiger partial charge in [-0.15, -0.1) is 0 Å². The van der Waals surface area contributed by atoms with Crippen molar-refractivity contribution in [2.75, 3.05) is 0 Å². The quantitative estimate of drug-likeness (QED) is 0.633. The fourth-order valence-corrected chi connectivity index (χ4v) is 2.75. The molecule has 76 valence electrons. The van der Waals surface area contributed by atoms with Crippen molar-refractivity contribution < 1.29 is 14.9 Å². The Morgan fingerprint density at radius 2 is 1.85 bits per heavy atom. The molecule has 2 rings (SSSR count). The molecule has 0 amide bonds. The molecule has 0 saturated carbocycles. The van der Waals surface area contributed by atoms with Crippen LogP contribution in [0.2, 0.25) is 0 Å². The highest BCUT2D eigenvalue weighted by molar-refractivity contribution is 5.14. The summed E-state index contributed by atoms with van der Waals surface area (Å²) in [6.45, 7) is 5.96. The zero-order chi connectivity index (χ0) is 9.85. The normalized spacial score (nSPS) is 54.9. The minimum absolute atomic E-state index is 0.251. The van der Waals surface area contributed by atoms with Gasteiger partial charge in [-0.25, -0.2) is 0 Å². The van der Waals surface area contributed by atoms with E-state index in [0.29, 0.717) is 0 Å². The largest absolute Gasteiger partial charge is 0.387 e. The third-order valence-corrected chi connectivity index (χ3v) is 3.84. The lowest BCUT2D eigenvalue weighted by atomic mass is 9.73. The van der Waals surface area contributed by atoms with Crippen molar-refractivity contribution in [2.45, 2.75) is 57.0 Å². The molecule has 2 fully saturated rings. The van der Waals surface area contributed by atoms with Crippen molar-refractivity contribution in [1.29, 1.82) is 0 Å². The summed E-state index contributed by atoms with van der Waals surface area (Å²) in [5, 5.41) is 19.7. The van der Waals surface area contributed by atoms with Crippen LogP contribution in [0.4, 0.5) is 0 Å². The lowest BCUT2D eigenvalue weighted by Crippen LogP contribution is -2.50. The van der Waals surface area contributed by atoms with Crippen LogP contribution in [0.1, 0.15) is 33.6 Å². The summed E-state index contributed by atoms with van der Waals surface area (Å²) in [7, 11) is 0. The first kappa shape index (κ1) is 9.44. The van der Waals surface area contributed by atoms with Crippen molar-refractivity contribution >= 4 is 0 Å². The van der Waals surface area contributed by atoms with Gasteiger partial charge in [0.05, 0.1) is 11.2 Å². The maximum Gasteiger partial charge on any atom is 0.112 e. The van der Waals surface area contributed by atoms with Crippen LogP contribution in [-0.2, 0) is 4.74 Å². The van der Waals surface area contributed by atoms with Crippen LogP contribution < -0.4 is 0 Å². The number of aliphatic hydroxyl groups is 2. The summed E-state index contributed by atoms with van der Waals surface area (Å²) in [4.78, 5) is 0. The van der Waals surface area contributed by atoms with Crippen LogP contribution in [0.5, 0.6) is 0 Å². The first-order chi connectivity index (χ1) is 5.92. The molecule has 2 aliphatic heterocycles. The second-order valence-corrected chi connectivity index (χ2v) is 4.91. The Kier molecular flexibility index (Phi) is 1.79. The van der Waals surface area contributed by atoms with Crippen molar-refractivity contribution in [1.82, 2.24) is 0 Å². The highest BCUT2D eigenvalue weighted by Gasteiger charge is 2.65. The third-order valence-electron chi connectivity index (χ3n) is 3.84. The molecule has 4 atom stereocenters. The number of ether oxygens (including phenoxy) is 1. The van der Waals surface area contributed by atoms with Gasteiger partial charge in [0.2, 0.25) is 0 Å². The Bertz CT molecular complexity index is 228. The minimum atomic E-state index is -0.719. The highest BCUT2D eigenvalue weighted by Crippen LogP contribution is 2.53. The Morgan fingerprint density at radius 1 is 1.23 bits per heavy atom. The summed E-state index contributed by atoms with van der Waals surface area (Å²) < 4.78 is 5.83. The lowest BCUT2D eigenvalue weighted by molar-refractivity contribution is -0.0974. The smallest absolute Gasteiger partial charge is 0.112 e. The lowest BCUT2D eigenvalue weighted by Gasteiger charge is -2.34. The van der Waals surface area contributed by atoms with Crippen LogP contribution >= 0.6 is 0 Å². The van der Waals surface area contributed by atoms with Crippen LogP contribution in [0, 0.1) is 5.92 Å². The molecule has 0 aromatic heterocycles. The molecule has 2 heterocycles. The molecular formula is C10H18O3. The van der Waals surface area contributed by atoms with Gasteiger partial charge in [-0.1, -0.05) is 13.8 Å². The van der Waals surface area contributed by atoms with Gasteiger partial charge >= 0.3 is 0 Å². The minimum Gasteiger partial charge on any atom is -0.387 e. The van der Waals surface area contributed by atoms with Crippen molar-refractivity contribution in [3.63, 3.8) is 0 Å². The topological polar surface area (TPSA) is 49.7 Å². The van der Waals surface area contributed by atoms with Gasteiger partial charge in [-0.05, 0) is 25.7 Å². The molecule has 2 aliphatic rings. The van der Waals surface area contributed by atoms with E-state index in [-0.39, 0.29) is 5.92 Å². The molecule has 3 heteroatoms.